The van der Waals surface area contributed by atoms with Crippen molar-refractivity contribution in [1.82, 2.24) is 0 Å². The van der Waals surface area contributed by atoms with Crippen molar-refractivity contribution in [3.05, 3.63) is 0 Å². The van der Waals surface area contributed by atoms with Gasteiger partial charge in [-0.2, -0.15) is 0 Å². The van der Waals surface area contributed by atoms with Gasteiger partial charge in [-0.25, -0.2) is 8.42 Å². The minimum atomic E-state index is -4.55. The van der Waals surface area contributed by atoms with Crippen molar-refractivity contribution in [3.63, 3.8) is 0 Å². The molecule has 2 fully saturated rings. The van der Waals surface area contributed by atoms with Gasteiger partial charge >= 0.3 is 41.5 Å². The van der Waals surface area contributed by atoms with Crippen LogP contribution in [0.25, 0.3) is 0 Å². The van der Waals surface area contributed by atoms with Gasteiger partial charge in [-0.1, -0.05) is 53.4 Å². The molecular formula is C25H43NaO7S. The fourth-order valence-electron chi connectivity index (χ4n) is 5.72. The minimum Gasteiger partial charge on any atom is -0.748 e. The van der Waals surface area contributed by atoms with Gasteiger partial charge in [-0.15, -0.1) is 0 Å². The monoisotopic (exact) mass is 510 g/mol. The fourth-order valence-corrected chi connectivity index (χ4v) is 6.91. The first-order valence-corrected chi connectivity index (χ1v) is 14.5. The number of fused-ring (bicyclic) bond motifs is 2. The van der Waals surface area contributed by atoms with Gasteiger partial charge in [0.2, 0.25) is 0 Å². The van der Waals surface area contributed by atoms with E-state index >= 15 is 0 Å². The van der Waals surface area contributed by atoms with E-state index in [4.69, 9.17) is 9.47 Å². The Morgan fingerprint density at radius 3 is 1.71 bits per heavy atom. The van der Waals surface area contributed by atoms with Crippen molar-refractivity contribution < 1.29 is 61.6 Å². The predicted molar refractivity (Wildman–Crippen MR) is 125 cm³/mol. The van der Waals surface area contributed by atoms with Crippen LogP contribution in [0.5, 0.6) is 0 Å². The van der Waals surface area contributed by atoms with E-state index in [-0.39, 0.29) is 54.1 Å². The van der Waals surface area contributed by atoms with E-state index < -0.39 is 45.1 Å². The van der Waals surface area contributed by atoms with Crippen LogP contribution in [0.1, 0.15) is 105 Å². The molecule has 0 aromatic heterocycles. The average Bonchev–Trinajstić information content (AvgIpc) is 3.36. The SMILES string of the molecule is CCCCC[C@@H](CC)OC(=O)C1C(C(=O)O[C@H](CC)CCCCC)[C@H]2C[C@@H]1C[C@@H]2S(=O)(=O)[O-].[Na+]. The largest absolute Gasteiger partial charge is 1.00 e. The van der Waals surface area contributed by atoms with Crippen LogP contribution in [-0.4, -0.2) is 42.4 Å². The number of ether oxygens (including phenoxy) is 2. The Kier molecular flexibility index (Phi) is 14.2. The maximum Gasteiger partial charge on any atom is 1.00 e. The summed E-state index contributed by atoms with van der Waals surface area (Å²) in [5.41, 5.74) is 0. The zero-order valence-electron chi connectivity index (χ0n) is 21.8. The molecule has 0 heterocycles. The fraction of sp³-hybridized carbons (Fsp3) is 0.920. The maximum absolute atomic E-state index is 13.3. The number of unbranched alkanes of at least 4 members (excludes halogenated alkanes) is 4. The molecule has 0 N–H and O–H groups in total. The summed E-state index contributed by atoms with van der Waals surface area (Å²) in [6.45, 7) is 8.14. The van der Waals surface area contributed by atoms with Gasteiger partial charge < -0.3 is 14.0 Å². The number of hydrogen-bond acceptors (Lipinski definition) is 7. The van der Waals surface area contributed by atoms with Gasteiger partial charge in [0, 0.05) is 0 Å². The summed E-state index contributed by atoms with van der Waals surface area (Å²) in [5, 5.41) is -1.13. The van der Waals surface area contributed by atoms with E-state index in [1.54, 1.807) is 0 Å². The van der Waals surface area contributed by atoms with E-state index in [1.807, 2.05) is 13.8 Å². The molecule has 9 heteroatoms. The Bertz CT molecular complexity index is 742. The molecule has 192 valence electrons. The molecule has 2 unspecified atom stereocenters. The van der Waals surface area contributed by atoms with Crippen LogP contribution in [0.2, 0.25) is 0 Å². The molecule has 34 heavy (non-hydrogen) atoms. The number of hydrogen-bond donors (Lipinski definition) is 0. The van der Waals surface area contributed by atoms with Gasteiger partial charge in [-0.3, -0.25) is 9.59 Å². The molecule has 2 aliphatic rings. The molecule has 0 aromatic carbocycles. The molecule has 2 saturated carbocycles. The Morgan fingerprint density at radius 2 is 1.29 bits per heavy atom. The first kappa shape index (κ1) is 31.9. The van der Waals surface area contributed by atoms with Crippen molar-refractivity contribution >= 4 is 22.1 Å². The van der Waals surface area contributed by atoms with Crippen molar-refractivity contribution in [3.8, 4) is 0 Å². The molecule has 0 aromatic rings. The van der Waals surface area contributed by atoms with Crippen LogP contribution in [0.3, 0.4) is 0 Å². The van der Waals surface area contributed by atoms with Crippen LogP contribution < -0.4 is 29.6 Å². The number of carbonyl (C=O) groups is 2. The van der Waals surface area contributed by atoms with Crippen LogP contribution in [0.15, 0.2) is 0 Å². The molecule has 7 nitrogen and oxygen atoms in total. The van der Waals surface area contributed by atoms with Gasteiger partial charge in [0.1, 0.15) is 12.2 Å². The molecule has 0 radical (unpaired) electrons. The normalized spacial score (nSPS) is 27.6. The molecule has 2 bridgehead atoms. The predicted octanol–water partition coefficient (Wildman–Crippen LogP) is 1.98. The third-order valence-corrected chi connectivity index (χ3v) is 8.88. The summed E-state index contributed by atoms with van der Waals surface area (Å²) in [4.78, 5) is 26.5. The van der Waals surface area contributed by atoms with E-state index in [1.165, 1.54) is 0 Å². The second kappa shape index (κ2) is 15.2. The van der Waals surface area contributed by atoms with Gasteiger partial charge in [0.05, 0.1) is 27.2 Å². The minimum absolute atomic E-state index is 0. The van der Waals surface area contributed by atoms with Crippen molar-refractivity contribution in [2.75, 3.05) is 0 Å². The van der Waals surface area contributed by atoms with Gasteiger partial charge in [-0.05, 0) is 63.2 Å². The summed E-state index contributed by atoms with van der Waals surface area (Å²) < 4.78 is 47.2. The molecule has 0 spiro atoms. The molecule has 2 aliphatic carbocycles. The molecule has 2 rings (SSSR count). The number of esters is 2. The zero-order chi connectivity index (χ0) is 24.6. The number of rotatable bonds is 15. The Morgan fingerprint density at radius 1 is 0.824 bits per heavy atom. The van der Waals surface area contributed by atoms with Crippen LogP contribution in [-0.2, 0) is 29.2 Å². The summed E-state index contributed by atoms with van der Waals surface area (Å²) in [7, 11) is -4.55. The van der Waals surface area contributed by atoms with E-state index in [0.717, 1.165) is 51.4 Å². The average molecular weight is 511 g/mol. The number of carbonyl (C=O) groups excluding carboxylic acids is 2. The summed E-state index contributed by atoms with van der Waals surface area (Å²) >= 11 is 0. The zero-order valence-corrected chi connectivity index (χ0v) is 24.6. The third-order valence-electron chi connectivity index (χ3n) is 7.59. The Balaban J connectivity index is 0.00000578. The topological polar surface area (TPSA) is 110 Å². The molecule has 7 atom stereocenters. The van der Waals surface area contributed by atoms with Crippen molar-refractivity contribution in [2.24, 2.45) is 23.7 Å². The van der Waals surface area contributed by atoms with Crippen molar-refractivity contribution in [2.45, 2.75) is 122 Å². The summed E-state index contributed by atoms with van der Waals surface area (Å²) in [6, 6.07) is 0. The Labute approximate surface area is 228 Å². The second-order valence-corrected chi connectivity index (χ2v) is 11.5. The maximum atomic E-state index is 13.3. The molecule has 0 saturated heterocycles. The van der Waals surface area contributed by atoms with Crippen LogP contribution in [0, 0.1) is 23.7 Å². The third kappa shape index (κ3) is 8.46. The van der Waals surface area contributed by atoms with E-state index in [2.05, 4.69) is 13.8 Å². The van der Waals surface area contributed by atoms with Gasteiger partial charge in [0.15, 0.2) is 0 Å². The molecule has 0 aliphatic heterocycles. The van der Waals surface area contributed by atoms with Crippen molar-refractivity contribution in [1.29, 1.82) is 0 Å². The summed E-state index contributed by atoms with van der Waals surface area (Å²) in [6.07, 6.45) is 9.06. The quantitative estimate of drug-likeness (QED) is 0.143. The Hall–Kier alpha value is -0.150. The summed E-state index contributed by atoms with van der Waals surface area (Å²) in [5.74, 6) is -3.63. The van der Waals surface area contributed by atoms with Crippen LogP contribution in [0.4, 0.5) is 0 Å². The standard InChI is InChI=1S/C25H44O7S.Na/c1-5-9-11-13-18(7-3)31-24(26)22-17-15-20(21(16-17)33(28,29)30)23(22)25(27)32-19(8-4)14-12-10-6-2;/h17-23H,5-16H2,1-4H3,(H,28,29,30);/q;+1/p-1/t17-,18-,19-,20+,21+,22?,23?;/m1./s1. The van der Waals surface area contributed by atoms with E-state index in [9.17, 15) is 22.6 Å². The first-order chi connectivity index (χ1) is 15.7. The molecule has 0 amide bonds. The van der Waals surface area contributed by atoms with Crippen LogP contribution >= 0.6 is 0 Å². The van der Waals surface area contributed by atoms with Gasteiger partial charge in [0.25, 0.3) is 0 Å². The first-order valence-electron chi connectivity index (χ1n) is 13.0. The molecular weight excluding hydrogens is 467 g/mol. The smallest absolute Gasteiger partial charge is 0.748 e. The van der Waals surface area contributed by atoms with E-state index in [0.29, 0.717) is 19.3 Å². The second-order valence-electron chi connectivity index (χ2n) is 9.90.